The van der Waals surface area contributed by atoms with Gasteiger partial charge in [-0.1, -0.05) is 12.1 Å². The number of carbonyl (C=O) groups is 1. The fraction of sp³-hybridized carbons (Fsp3) is 0.158. The van der Waals surface area contributed by atoms with E-state index in [2.05, 4.69) is 15.6 Å². The Kier molecular flexibility index (Phi) is 5.48. The fourth-order valence-electron chi connectivity index (χ4n) is 2.43. The van der Waals surface area contributed by atoms with Gasteiger partial charge in [0.1, 0.15) is 11.6 Å². The van der Waals surface area contributed by atoms with Crippen molar-refractivity contribution in [3.05, 3.63) is 64.8 Å². The molecule has 0 saturated heterocycles. The molecule has 5 nitrogen and oxygen atoms in total. The lowest BCUT2D eigenvalue weighted by atomic mass is 10.1. The van der Waals surface area contributed by atoms with E-state index in [0.717, 1.165) is 28.1 Å². The summed E-state index contributed by atoms with van der Waals surface area (Å²) in [6, 6.07) is 11.4. The van der Waals surface area contributed by atoms with Crippen LogP contribution < -0.4 is 15.4 Å². The van der Waals surface area contributed by atoms with Gasteiger partial charge in [0.2, 0.25) is 0 Å². The van der Waals surface area contributed by atoms with Crippen LogP contribution in [0.25, 0.3) is 11.3 Å². The number of nitrogens with zero attached hydrogens (tertiary/aromatic N) is 1. The summed E-state index contributed by atoms with van der Waals surface area (Å²) in [6.07, 6.45) is 0. The van der Waals surface area contributed by atoms with E-state index in [1.807, 2.05) is 30.5 Å². The summed E-state index contributed by atoms with van der Waals surface area (Å²) in [4.78, 5) is 16.4. The zero-order chi connectivity index (χ0) is 18.5. The topological polar surface area (TPSA) is 63.2 Å². The molecular formula is C19H18FN3O2S. The smallest absolute Gasteiger partial charge is 0.321 e. The molecule has 2 amide bonds. The number of amides is 2. The third kappa shape index (κ3) is 4.37. The highest BCUT2D eigenvalue weighted by molar-refractivity contribution is 7.14. The third-order valence-electron chi connectivity index (χ3n) is 3.78. The first-order chi connectivity index (χ1) is 12.5. The lowest BCUT2D eigenvalue weighted by Gasteiger charge is -2.06. The number of hydrogen-bond donors (Lipinski definition) is 2. The van der Waals surface area contributed by atoms with Gasteiger partial charge in [0, 0.05) is 17.5 Å². The van der Waals surface area contributed by atoms with Crippen molar-refractivity contribution >= 4 is 22.5 Å². The van der Waals surface area contributed by atoms with Crippen molar-refractivity contribution in [2.24, 2.45) is 0 Å². The zero-order valence-corrected chi connectivity index (χ0v) is 15.2. The second kappa shape index (κ2) is 7.97. The van der Waals surface area contributed by atoms with E-state index in [-0.39, 0.29) is 11.8 Å². The number of benzene rings is 2. The number of rotatable bonds is 5. The number of anilines is 1. The van der Waals surface area contributed by atoms with E-state index in [4.69, 9.17) is 4.74 Å². The number of aromatic nitrogens is 1. The molecule has 0 atom stereocenters. The molecule has 26 heavy (non-hydrogen) atoms. The van der Waals surface area contributed by atoms with E-state index in [1.54, 1.807) is 19.2 Å². The molecule has 0 aliphatic heterocycles. The molecule has 0 saturated carbocycles. The van der Waals surface area contributed by atoms with Crippen LogP contribution in [0.3, 0.4) is 0 Å². The molecule has 3 aromatic rings. The number of aryl methyl sites for hydroxylation is 1. The Hall–Kier alpha value is -2.93. The highest BCUT2D eigenvalue weighted by atomic mass is 32.1. The maximum Gasteiger partial charge on any atom is 0.321 e. The van der Waals surface area contributed by atoms with Crippen LogP contribution in [0.5, 0.6) is 5.75 Å². The lowest BCUT2D eigenvalue weighted by Crippen LogP contribution is -2.28. The second-order valence-corrected chi connectivity index (χ2v) is 6.51. The van der Waals surface area contributed by atoms with Crippen molar-refractivity contribution in [3.63, 3.8) is 0 Å². The minimum absolute atomic E-state index is 0.303. The molecule has 0 bridgehead atoms. The normalized spacial score (nSPS) is 10.4. The predicted octanol–water partition coefficient (Wildman–Crippen LogP) is 4.59. The lowest BCUT2D eigenvalue weighted by molar-refractivity contribution is 0.251. The molecule has 134 valence electrons. The van der Waals surface area contributed by atoms with Crippen LogP contribution in [0.4, 0.5) is 14.3 Å². The van der Waals surface area contributed by atoms with Gasteiger partial charge in [-0.3, -0.25) is 5.32 Å². The second-order valence-electron chi connectivity index (χ2n) is 5.66. The van der Waals surface area contributed by atoms with Crippen LogP contribution in [0.2, 0.25) is 0 Å². The number of halogens is 1. The Morgan fingerprint density at radius 2 is 2.00 bits per heavy atom. The van der Waals surface area contributed by atoms with Crippen molar-refractivity contribution in [1.82, 2.24) is 10.3 Å². The van der Waals surface area contributed by atoms with Gasteiger partial charge in [0.15, 0.2) is 5.13 Å². The Morgan fingerprint density at radius 3 is 2.69 bits per heavy atom. The van der Waals surface area contributed by atoms with Crippen LogP contribution in [0.1, 0.15) is 11.1 Å². The van der Waals surface area contributed by atoms with E-state index in [9.17, 15) is 9.18 Å². The largest absolute Gasteiger partial charge is 0.496 e. The molecule has 0 radical (unpaired) electrons. The summed E-state index contributed by atoms with van der Waals surface area (Å²) < 4.78 is 18.1. The minimum Gasteiger partial charge on any atom is -0.496 e. The van der Waals surface area contributed by atoms with E-state index < -0.39 is 0 Å². The van der Waals surface area contributed by atoms with Crippen molar-refractivity contribution in [1.29, 1.82) is 0 Å². The summed E-state index contributed by atoms with van der Waals surface area (Å²) in [5.41, 5.74) is 3.58. The average Bonchev–Trinajstić information content (AvgIpc) is 3.09. The quantitative estimate of drug-likeness (QED) is 0.690. The van der Waals surface area contributed by atoms with Crippen molar-refractivity contribution in [2.45, 2.75) is 13.5 Å². The van der Waals surface area contributed by atoms with E-state index in [1.165, 1.54) is 23.5 Å². The monoisotopic (exact) mass is 371 g/mol. The molecule has 7 heteroatoms. The maximum atomic E-state index is 12.9. The molecule has 0 spiro atoms. The molecule has 2 aromatic carbocycles. The van der Waals surface area contributed by atoms with Crippen LogP contribution in [-0.4, -0.2) is 18.1 Å². The van der Waals surface area contributed by atoms with Gasteiger partial charge in [-0.05, 0) is 48.4 Å². The molecule has 0 unspecified atom stereocenters. The highest BCUT2D eigenvalue weighted by Gasteiger charge is 2.09. The molecule has 0 fully saturated rings. The summed E-state index contributed by atoms with van der Waals surface area (Å²) in [5, 5.41) is 7.82. The number of urea groups is 1. The van der Waals surface area contributed by atoms with Gasteiger partial charge in [0.25, 0.3) is 0 Å². The number of nitrogens with one attached hydrogen (secondary N) is 2. The van der Waals surface area contributed by atoms with E-state index in [0.29, 0.717) is 11.7 Å². The first kappa shape index (κ1) is 17.9. The van der Waals surface area contributed by atoms with Gasteiger partial charge in [-0.25, -0.2) is 14.2 Å². The number of carbonyl (C=O) groups excluding carboxylic acids is 1. The highest BCUT2D eigenvalue weighted by Crippen LogP contribution is 2.28. The first-order valence-electron chi connectivity index (χ1n) is 7.95. The van der Waals surface area contributed by atoms with Gasteiger partial charge in [-0.15, -0.1) is 11.3 Å². The Bertz CT molecular complexity index is 909. The van der Waals surface area contributed by atoms with Crippen molar-refractivity contribution < 1.29 is 13.9 Å². The number of thiazole rings is 1. The van der Waals surface area contributed by atoms with Gasteiger partial charge in [0.05, 0.1) is 12.8 Å². The summed E-state index contributed by atoms with van der Waals surface area (Å²) >= 11 is 1.35. The molecule has 0 aliphatic rings. The molecule has 3 rings (SSSR count). The fourth-order valence-corrected chi connectivity index (χ4v) is 3.14. The molecule has 0 aliphatic carbocycles. The molecule has 1 aromatic heterocycles. The number of methoxy groups -OCH3 is 1. The van der Waals surface area contributed by atoms with Crippen LogP contribution in [-0.2, 0) is 6.54 Å². The Balaban J connectivity index is 1.60. The molecular weight excluding hydrogens is 353 g/mol. The minimum atomic E-state index is -0.360. The Labute approximate surface area is 154 Å². The summed E-state index contributed by atoms with van der Waals surface area (Å²) in [5.74, 6) is 0.518. The zero-order valence-electron chi connectivity index (χ0n) is 14.4. The SMILES string of the molecule is COc1ccc(-c2csc(NC(=O)NCc3ccc(F)cc3)n2)cc1C. The Morgan fingerprint density at radius 1 is 1.23 bits per heavy atom. The average molecular weight is 371 g/mol. The van der Waals surface area contributed by atoms with Crippen molar-refractivity contribution in [3.8, 4) is 17.0 Å². The standard InChI is InChI=1S/C19H18FN3O2S/c1-12-9-14(5-8-17(12)25-2)16-11-26-19(22-16)23-18(24)21-10-13-3-6-15(20)7-4-13/h3-9,11H,10H2,1-2H3,(H2,21,22,23,24). The number of ether oxygens (including phenoxy) is 1. The van der Waals surface area contributed by atoms with Gasteiger partial charge < -0.3 is 10.1 Å². The predicted molar refractivity (Wildman–Crippen MR) is 101 cm³/mol. The van der Waals surface area contributed by atoms with E-state index >= 15 is 0 Å². The van der Waals surface area contributed by atoms with Gasteiger partial charge >= 0.3 is 6.03 Å². The third-order valence-corrected chi connectivity index (χ3v) is 4.54. The van der Waals surface area contributed by atoms with Crippen LogP contribution in [0, 0.1) is 12.7 Å². The maximum absolute atomic E-state index is 12.9. The van der Waals surface area contributed by atoms with Gasteiger partial charge in [-0.2, -0.15) is 0 Å². The summed E-state index contributed by atoms with van der Waals surface area (Å²) in [7, 11) is 1.64. The molecule has 2 N–H and O–H groups in total. The first-order valence-corrected chi connectivity index (χ1v) is 8.83. The van der Waals surface area contributed by atoms with Crippen LogP contribution >= 0.6 is 11.3 Å². The molecule has 1 heterocycles. The van der Waals surface area contributed by atoms with Crippen molar-refractivity contribution in [2.75, 3.05) is 12.4 Å². The van der Waals surface area contributed by atoms with Crippen LogP contribution in [0.15, 0.2) is 47.8 Å². The summed E-state index contributed by atoms with van der Waals surface area (Å²) in [6.45, 7) is 2.28. The number of hydrogen-bond acceptors (Lipinski definition) is 4.